The van der Waals surface area contributed by atoms with Crippen LogP contribution in [0.5, 0.6) is 5.75 Å². The molecule has 3 rings (SSSR count). The van der Waals surface area contributed by atoms with Gasteiger partial charge in [-0.15, -0.1) is 0 Å². The van der Waals surface area contributed by atoms with Crippen molar-refractivity contribution < 1.29 is 19.6 Å². The third-order valence-electron chi connectivity index (χ3n) is 3.56. The van der Waals surface area contributed by atoms with Crippen LogP contribution in [0.1, 0.15) is 5.56 Å². The molecule has 0 aliphatic heterocycles. The van der Waals surface area contributed by atoms with E-state index in [1.165, 1.54) is 0 Å². The number of pyridine rings is 1. The van der Waals surface area contributed by atoms with Crippen molar-refractivity contribution in [2.45, 2.75) is 6.61 Å². The van der Waals surface area contributed by atoms with Gasteiger partial charge in [0.15, 0.2) is 0 Å². The number of nitrogens with one attached hydrogen (secondary N) is 2. The summed E-state index contributed by atoms with van der Waals surface area (Å²) in [6, 6.07) is 14.5. The van der Waals surface area contributed by atoms with Crippen LogP contribution in [0.4, 0.5) is 16.2 Å². The van der Waals surface area contributed by atoms with E-state index in [2.05, 4.69) is 10.4 Å². The van der Waals surface area contributed by atoms with Gasteiger partial charge in [-0.1, -0.05) is 30.3 Å². The number of nitro groups is 1. The van der Waals surface area contributed by atoms with Gasteiger partial charge in [0.05, 0.1) is 10.4 Å². The fourth-order valence-corrected chi connectivity index (χ4v) is 2.38. The van der Waals surface area contributed by atoms with Gasteiger partial charge in [-0.2, -0.15) is 0 Å². The maximum absolute atomic E-state index is 11.2. The quantitative estimate of drug-likeness (QED) is 0.458. The zero-order chi connectivity index (χ0) is 18.5. The second kappa shape index (κ2) is 7.34. The van der Waals surface area contributed by atoms with Crippen LogP contribution in [0.2, 0.25) is 0 Å². The van der Waals surface area contributed by atoms with Crippen LogP contribution in [-0.2, 0) is 6.61 Å². The lowest BCUT2D eigenvalue weighted by atomic mass is 10.1. The molecule has 0 atom stereocenters. The Morgan fingerprint density at radius 2 is 2.00 bits per heavy atom. The highest BCUT2D eigenvalue weighted by Gasteiger charge is 2.19. The highest BCUT2D eigenvalue weighted by atomic mass is 16.6. The van der Waals surface area contributed by atoms with E-state index >= 15 is 0 Å². The minimum absolute atomic E-state index is 0.0111. The van der Waals surface area contributed by atoms with Crippen molar-refractivity contribution in [2.24, 2.45) is 0 Å². The molecule has 2 aromatic carbocycles. The first-order chi connectivity index (χ1) is 12.5. The molecule has 132 valence electrons. The standard InChI is InChI=1S/C17H14N4O5/c22-17(23)20-19-16-13-7-6-12(26-10-11-4-2-1-3-5-11)8-14(13)18-9-15(16)21(24)25/h1-9,20H,10H2,(H,18,19)(H,22,23). The molecule has 0 aliphatic rings. The highest BCUT2D eigenvalue weighted by molar-refractivity contribution is 5.96. The predicted octanol–water partition coefficient (Wildman–Crippen LogP) is 3.32. The summed E-state index contributed by atoms with van der Waals surface area (Å²) in [4.78, 5) is 25.3. The minimum Gasteiger partial charge on any atom is -0.489 e. The first-order valence-electron chi connectivity index (χ1n) is 7.53. The third kappa shape index (κ3) is 3.78. The zero-order valence-electron chi connectivity index (χ0n) is 13.4. The first kappa shape index (κ1) is 17.0. The number of fused-ring (bicyclic) bond motifs is 1. The van der Waals surface area contributed by atoms with Crippen molar-refractivity contribution in [1.82, 2.24) is 10.4 Å². The van der Waals surface area contributed by atoms with Crippen LogP contribution in [0.25, 0.3) is 10.9 Å². The second-order valence-corrected chi connectivity index (χ2v) is 5.28. The summed E-state index contributed by atoms with van der Waals surface area (Å²) >= 11 is 0. The Kier molecular flexibility index (Phi) is 4.79. The van der Waals surface area contributed by atoms with Gasteiger partial charge in [0, 0.05) is 11.5 Å². The number of carbonyl (C=O) groups is 1. The molecule has 9 heteroatoms. The Hall–Kier alpha value is -3.88. The number of ether oxygens (including phenoxy) is 1. The molecule has 3 N–H and O–H groups in total. The monoisotopic (exact) mass is 354 g/mol. The van der Waals surface area contributed by atoms with Crippen LogP contribution < -0.4 is 15.6 Å². The molecule has 0 aliphatic carbocycles. The van der Waals surface area contributed by atoms with Gasteiger partial charge >= 0.3 is 11.8 Å². The first-order valence-corrected chi connectivity index (χ1v) is 7.53. The van der Waals surface area contributed by atoms with E-state index in [-0.39, 0.29) is 11.4 Å². The van der Waals surface area contributed by atoms with E-state index in [4.69, 9.17) is 9.84 Å². The molecule has 3 aromatic rings. The smallest absolute Gasteiger partial charge is 0.423 e. The fraction of sp³-hybridized carbons (Fsp3) is 0.0588. The summed E-state index contributed by atoms with van der Waals surface area (Å²) < 4.78 is 5.71. The Morgan fingerprint density at radius 1 is 1.23 bits per heavy atom. The SMILES string of the molecule is O=C(O)NNc1c([N+](=O)[O-])cnc2cc(OCc3ccccc3)ccc12. The topological polar surface area (TPSA) is 127 Å². The Balaban J connectivity index is 1.90. The van der Waals surface area contributed by atoms with Crippen molar-refractivity contribution in [3.05, 3.63) is 70.4 Å². The lowest BCUT2D eigenvalue weighted by Crippen LogP contribution is -2.27. The molecule has 1 heterocycles. The van der Waals surface area contributed by atoms with E-state index in [1.807, 2.05) is 35.8 Å². The van der Waals surface area contributed by atoms with Crippen molar-refractivity contribution in [3.8, 4) is 5.75 Å². The van der Waals surface area contributed by atoms with Gasteiger partial charge in [-0.3, -0.25) is 15.5 Å². The normalized spacial score (nSPS) is 10.3. The number of hydrazine groups is 1. The molecule has 0 bridgehead atoms. The van der Waals surface area contributed by atoms with E-state index in [0.717, 1.165) is 11.8 Å². The summed E-state index contributed by atoms with van der Waals surface area (Å²) in [5, 5.41) is 20.3. The van der Waals surface area contributed by atoms with Gasteiger partial charge in [0.1, 0.15) is 24.2 Å². The van der Waals surface area contributed by atoms with E-state index < -0.39 is 11.0 Å². The van der Waals surface area contributed by atoms with E-state index in [9.17, 15) is 14.9 Å². The zero-order valence-corrected chi connectivity index (χ0v) is 13.4. The van der Waals surface area contributed by atoms with Crippen LogP contribution >= 0.6 is 0 Å². The van der Waals surface area contributed by atoms with Gasteiger partial charge in [0.25, 0.3) is 0 Å². The highest BCUT2D eigenvalue weighted by Crippen LogP contribution is 2.32. The van der Waals surface area contributed by atoms with Gasteiger partial charge in [-0.25, -0.2) is 15.2 Å². The number of carboxylic acid groups (broad SMARTS) is 1. The number of benzene rings is 2. The Labute approximate surface area is 147 Å². The molecule has 0 unspecified atom stereocenters. The molecular weight excluding hydrogens is 340 g/mol. The van der Waals surface area contributed by atoms with Crippen molar-refractivity contribution >= 4 is 28.4 Å². The Morgan fingerprint density at radius 3 is 2.69 bits per heavy atom. The number of hydrogen-bond acceptors (Lipinski definition) is 6. The average Bonchev–Trinajstić information content (AvgIpc) is 2.64. The van der Waals surface area contributed by atoms with Crippen LogP contribution in [0.3, 0.4) is 0 Å². The molecule has 0 saturated carbocycles. The summed E-state index contributed by atoms with van der Waals surface area (Å²) in [6.07, 6.45) is -0.304. The molecular formula is C17H14N4O5. The van der Waals surface area contributed by atoms with Gasteiger partial charge in [-0.05, 0) is 17.7 Å². The van der Waals surface area contributed by atoms with Crippen LogP contribution in [0.15, 0.2) is 54.7 Å². The number of anilines is 1. The molecule has 0 saturated heterocycles. The van der Waals surface area contributed by atoms with Crippen molar-refractivity contribution in [2.75, 3.05) is 5.43 Å². The molecule has 0 radical (unpaired) electrons. The third-order valence-corrected chi connectivity index (χ3v) is 3.56. The van der Waals surface area contributed by atoms with Gasteiger partial charge in [0.2, 0.25) is 0 Å². The lowest BCUT2D eigenvalue weighted by molar-refractivity contribution is -0.384. The van der Waals surface area contributed by atoms with Crippen LogP contribution in [-0.4, -0.2) is 21.1 Å². The van der Waals surface area contributed by atoms with E-state index in [0.29, 0.717) is 23.3 Å². The maximum Gasteiger partial charge on any atom is 0.423 e. The molecule has 1 aromatic heterocycles. The molecule has 0 fully saturated rings. The van der Waals surface area contributed by atoms with Crippen molar-refractivity contribution in [1.29, 1.82) is 0 Å². The molecule has 26 heavy (non-hydrogen) atoms. The molecule has 9 nitrogen and oxygen atoms in total. The second-order valence-electron chi connectivity index (χ2n) is 5.28. The largest absolute Gasteiger partial charge is 0.489 e. The molecule has 0 spiro atoms. The van der Waals surface area contributed by atoms with Gasteiger partial charge < -0.3 is 9.84 Å². The predicted molar refractivity (Wildman–Crippen MR) is 94.0 cm³/mol. The minimum atomic E-state index is -1.37. The number of aromatic nitrogens is 1. The number of amides is 1. The number of nitrogens with zero attached hydrogens (tertiary/aromatic N) is 2. The number of hydrogen-bond donors (Lipinski definition) is 3. The average molecular weight is 354 g/mol. The summed E-state index contributed by atoms with van der Waals surface area (Å²) in [6.45, 7) is 0.366. The summed E-state index contributed by atoms with van der Waals surface area (Å²) in [7, 11) is 0. The summed E-state index contributed by atoms with van der Waals surface area (Å²) in [5.74, 6) is 0.542. The van der Waals surface area contributed by atoms with Crippen LogP contribution in [0, 0.1) is 10.1 Å². The lowest BCUT2D eigenvalue weighted by Gasteiger charge is -2.11. The Bertz CT molecular complexity index is 962. The fourth-order valence-electron chi connectivity index (χ4n) is 2.38. The summed E-state index contributed by atoms with van der Waals surface area (Å²) in [5.41, 5.74) is 5.35. The van der Waals surface area contributed by atoms with Crippen molar-refractivity contribution in [3.63, 3.8) is 0 Å². The maximum atomic E-state index is 11.2. The van der Waals surface area contributed by atoms with E-state index in [1.54, 1.807) is 18.2 Å². The number of rotatable bonds is 6. The molecule has 1 amide bonds.